The Bertz CT molecular complexity index is 1660. The zero-order valence-electron chi connectivity index (χ0n) is 29.1. The maximum Gasteiger partial charge on any atom is 0.320 e. The third kappa shape index (κ3) is 12.9. The molecule has 3 nitrogen and oxygen atoms in total. The first kappa shape index (κ1) is 41.4. The summed E-state index contributed by atoms with van der Waals surface area (Å²) in [6, 6.07) is 59.2. The summed E-state index contributed by atoms with van der Waals surface area (Å²) in [6.45, 7) is 3.73. The molecule has 0 radical (unpaired) electrons. The SMILES string of the molecule is CCCCC(C)(Br)C(=O)O.O.Sc1cccc(C(c2ccccc2)c2ccccc2)c1.Sc1cccc(C(c2ccccc2)c2ccccc2)c1. The lowest BCUT2D eigenvalue weighted by Gasteiger charge is -2.19. The third-order valence-corrected chi connectivity index (χ3v) is 9.68. The summed E-state index contributed by atoms with van der Waals surface area (Å²) in [5.74, 6) is -0.269. The number of hydrogen-bond donors (Lipinski definition) is 3. The van der Waals surface area contributed by atoms with E-state index in [0.717, 1.165) is 22.6 Å². The number of hydrogen-bond acceptors (Lipinski definition) is 3. The van der Waals surface area contributed by atoms with Gasteiger partial charge in [0.15, 0.2) is 0 Å². The van der Waals surface area contributed by atoms with E-state index in [0.29, 0.717) is 6.42 Å². The highest BCUT2D eigenvalue weighted by molar-refractivity contribution is 9.10. The normalized spacial score (nSPS) is 11.6. The fourth-order valence-electron chi connectivity index (χ4n) is 5.76. The number of benzene rings is 6. The second-order valence-electron chi connectivity index (χ2n) is 12.3. The molecule has 0 amide bonds. The number of carbonyl (C=O) groups is 1. The number of aliphatic carboxylic acids is 1. The Hall–Kier alpha value is -4.07. The Labute approximate surface area is 323 Å². The largest absolute Gasteiger partial charge is 0.480 e. The number of rotatable bonds is 10. The number of carboxylic acids is 1. The van der Waals surface area contributed by atoms with Gasteiger partial charge in [0, 0.05) is 21.6 Å². The second-order valence-corrected chi connectivity index (χ2v) is 15.1. The van der Waals surface area contributed by atoms with Crippen LogP contribution in [0.4, 0.5) is 0 Å². The molecule has 6 heteroatoms. The number of carboxylic acid groups (broad SMARTS) is 1. The molecule has 0 aliphatic rings. The van der Waals surface area contributed by atoms with E-state index in [4.69, 9.17) is 5.11 Å². The molecule has 0 saturated heterocycles. The quantitative estimate of drug-likeness (QED) is 0.0736. The van der Waals surface area contributed by atoms with Crippen LogP contribution in [0.2, 0.25) is 0 Å². The Morgan fingerprint density at radius 3 is 1.12 bits per heavy atom. The predicted octanol–water partition coefficient (Wildman–Crippen LogP) is 11.9. The lowest BCUT2D eigenvalue weighted by molar-refractivity contribution is -0.139. The van der Waals surface area contributed by atoms with Crippen LogP contribution >= 0.6 is 41.2 Å². The van der Waals surface area contributed by atoms with Crippen LogP contribution in [-0.2, 0) is 4.79 Å². The van der Waals surface area contributed by atoms with Crippen molar-refractivity contribution in [3.05, 3.63) is 203 Å². The molecule has 0 fully saturated rings. The maximum atomic E-state index is 10.5. The summed E-state index contributed by atoms with van der Waals surface area (Å²) in [5.41, 5.74) is 7.76. The van der Waals surface area contributed by atoms with E-state index in [1.165, 1.54) is 33.4 Å². The van der Waals surface area contributed by atoms with E-state index >= 15 is 0 Å². The fraction of sp³-hybridized carbons (Fsp3) is 0.178. The van der Waals surface area contributed by atoms with Crippen molar-refractivity contribution in [1.29, 1.82) is 0 Å². The van der Waals surface area contributed by atoms with Crippen LogP contribution in [-0.4, -0.2) is 20.9 Å². The van der Waals surface area contributed by atoms with Gasteiger partial charge in [0.25, 0.3) is 0 Å². The first-order valence-electron chi connectivity index (χ1n) is 16.9. The van der Waals surface area contributed by atoms with Gasteiger partial charge in [0.05, 0.1) is 0 Å². The van der Waals surface area contributed by atoms with Crippen LogP contribution in [0, 0.1) is 0 Å². The van der Waals surface area contributed by atoms with Crippen LogP contribution in [0.3, 0.4) is 0 Å². The van der Waals surface area contributed by atoms with Gasteiger partial charge < -0.3 is 10.6 Å². The minimum Gasteiger partial charge on any atom is -0.480 e. The molecule has 264 valence electrons. The molecule has 6 rings (SSSR count). The summed E-state index contributed by atoms with van der Waals surface area (Å²) >= 11 is 12.1. The highest BCUT2D eigenvalue weighted by atomic mass is 79.9. The highest BCUT2D eigenvalue weighted by Gasteiger charge is 2.28. The van der Waals surface area contributed by atoms with E-state index in [-0.39, 0.29) is 17.3 Å². The summed E-state index contributed by atoms with van der Waals surface area (Å²) in [5, 5.41) is 8.62. The van der Waals surface area contributed by atoms with Crippen molar-refractivity contribution in [1.82, 2.24) is 0 Å². The van der Waals surface area contributed by atoms with Crippen molar-refractivity contribution < 1.29 is 15.4 Å². The molecule has 0 spiro atoms. The third-order valence-electron chi connectivity index (χ3n) is 8.38. The average molecular weight is 780 g/mol. The number of unbranched alkanes of at least 4 members (excludes halogenated alkanes) is 1. The smallest absolute Gasteiger partial charge is 0.320 e. The van der Waals surface area contributed by atoms with Crippen molar-refractivity contribution >= 4 is 47.2 Å². The lowest BCUT2D eigenvalue weighted by atomic mass is 9.85. The molecular weight excluding hydrogens is 733 g/mol. The molecule has 1 atom stereocenters. The standard InChI is InChI=1S/2C19H16S.C7H13BrO2.H2O/c2*20-18-13-7-12-17(14-18)19(15-8-3-1-4-9-15)16-10-5-2-6-11-16;1-3-4-5-7(2,8)6(9)10;/h2*1-14,19-20H;3-5H2,1-2H3,(H,9,10);1H2. The Kier molecular flexibility index (Phi) is 17.3. The van der Waals surface area contributed by atoms with Gasteiger partial charge in [-0.25, -0.2) is 0 Å². The molecule has 0 aromatic heterocycles. The lowest BCUT2D eigenvalue weighted by Crippen LogP contribution is -2.27. The molecule has 0 heterocycles. The van der Waals surface area contributed by atoms with E-state index in [9.17, 15) is 4.79 Å². The van der Waals surface area contributed by atoms with Gasteiger partial charge in [0.1, 0.15) is 4.32 Å². The van der Waals surface area contributed by atoms with Crippen molar-refractivity contribution in [2.45, 2.75) is 59.1 Å². The summed E-state index contributed by atoms with van der Waals surface area (Å²) in [4.78, 5) is 12.5. The predicted molar refractivity (Wildman–Crippen MR) is 223 cm³/mol. The van der Waals surface area contributed by atoms with Crippen LogP contribution in [0.15, 0.2) is 180 Å². The van der Waals surface area contributed by atoms with Crippen molar-refractivity contribution in [3.63, 3.8) is 0 Å². The Balaban J connectivity index is 0.000000217. The van der Waals surface area contributed by atoms with Crippen LogP contribution in [0.25, 0.3) is 0 Å². The first-order chi connectivity index (χ1) is 24.2. The first-order valence-corrected chi connectivity index (χ1v) is 18.6. The number of halogens is 1. The zero-order chi connectivity index (χ0) is 35.8. The van der Waals surface area contributed by atoms with Crippen molar-refractivity contribution in [2.24, 2.45) is 0 Å². The Morgan fingerprint density at radius 2 is 0.863 bits per heavy atom. The van der Waals surface area contributed by atoms with Gasteiger partial charge >= 0.3 is 5.97 Å². The topological polar surface area (TPSA) is 68.8 Å². The van der Waals surface area contributed by atoms with Gasteiger partial charge in [0.2, 0.25) is 0 Å². The molecule has 3 N–H and O–H groups in total. The minimum atomic E-state index is -0.777. The van der Waals surface area contributed by atoms with Crippen LogP contribution in [0.1, 0.15) is 78.3 Å². The van der Waals surface area contributed by atoms with Gasteiger partial charge in [-0.2, -0.15) is 0 Å². The maximum absolute atomic E-state index is 10.5. The van der Waals surface area contributed by atoms with Gasteiger partial charge in [-0.15, -0.1) is 25.3 Å². The Morgan fingerprint density at radius 1 is 0.569 bits per heavy atom. The number of thiol groups is 2. The molecule has 0 aliphatic heterocycles. The fourth-order valence-corrected chi connectivity index (χ4v) is 6.51. The van der Waals surface area contributed by atoms with E-state index in [1.807, 2.05) is 19.1 Å². The van der Waals surface area contributed by atoms with Crippen molar-refractivity contribution in [3.8, 4) is 0 Å². The number of alkyl halides is 1. The molecule has 51 heavy (non-hydrogen) atoms. The molecule has 0 saturated carbocycles. The molecule has 6 aromatic rings. The summed E-state index contributed by atoms with van der Waals surface area (Å²) < 4.78 is -0.719. The van der Waals surface area contributed by atoms with Crippen molar-refractivity contribution in [2.75, 3.05) is 0 Å². The highest BCUT2D eigenvalue weighted by Crippen LogP contribution is 2.34. The van der Waals surface area contributed by atoms with E-state index in [1.54, 1.807) is 6.92 Å². The summed E-state index contributed by atoms with van der Waals surface area (Å²) in [7, 11) is 0. The van der Waals surface area contributed by atoms with E-state index < -0.39 is 10.3 Å². The molecule has 6 aromatic carbocycles. The minimum absolute atomic E-state index is 0. The monoisotopic (exact) mass is 778 g/mol. The zero-order valence-corrected chi connectivity index (χ0v) is 32.4. The average Bonchev–Trinajstić information content (AvgIpc) is 3.13. The molecule has 1 unspecified atom stereocenters. The molecule has 0 aliphatic carbocycles. The second kappa shape index (κ2) is 21.3. The molecular formula is C45H47BrO3S2. The van der Waals surface area contributed by atoms with Crippen LogP contribution in [0.5, 0.6) is 0 Å². The van der Waals surface area contributed by atoms with E-state index in [2.05, 4.69) is 199 Å². The molecule has 0 bridgehead atoms. The van der Waals surface area contributed by atoms with Crippen LogP contribution < -0.4 is 0 Å². The van der Waals surface area contributed by atoms with Gasteiger partial charge in [-0.1, -0.05) is 181 Å². The van der Waals surface area contributed by atoms with Gasteiger partial charge in [-0.05, 0) is 71.0 Å². The van der Waals surface area contributed by atoms with Gasteiger partial charge in [-0.3, -0.25) is 4.79 Å². The summed E-state index contributed by atoms with van der Waals surface area (Å²) in [6.07, 6.45) is 2.68.